The van der Waals surface area contributed by atoms with Gasteiger partial charge in [0, 0.05) is 37.0 Å². The van der Waals surface area contributed by atoms with Crippen LogP contribution in [0.15, 0.2) is 30.6 Å². The smallest absolute Gasteiger partial charge is 0.254 e. The molecule has 0 spiro atoms. The van der Waals surface area contributed by atoms with E-state index in [1.807, 2.05) is 19.9 Å². The fraction of sp³-hybridized carbons (Fsp3) is 0.333. The van der Waals surface area contributed by atoms with Gasteiger partial charge in [0.15, 0.2) is 0 Å². The number of rotatable bonds is 5. The predicted molar refractivity (Wildman–Crippen MR) is 87.1 cm³/mol. The number of nitrogens with zero attached hydrogens (tertiary/aromatic N) is 3. The highest BCUT2D eigenvalue weighted by Gasteiger charge is 2.19. The molecular weight excluding hydrogens is 284 g/mol. The summed E-state index contributed by atoms with van der Waals surface area (Å²) in [5.41, 5.74) is 7.61. The van der Waals surface area contributed by atoms with E-state index in [1.165, 1.54) is 0 Å². The number of aromatic nitrogens is 2. The Bertz CT molecular complexity index is 672. The summed E-state index contributed by atoms with van der Waals surface area (Å²) in [4.78, 5) is 23.2. The van der Waals surface area contributed by atoms with Crippen molar-refractivity contribution in [1.82, 2.24) is 14.9 Å². The number of carbonyl (C=O) groups is 1. The van der Waals surface area contributed by atoms with Crippen LogP contribution in [0.25, 0.3) is 11.0 Å². The molecule has 0 saturated heterocycles. The van der Waals surface area contributed by atoms with Crippen LogP contribution in [-0.4, -0.2) is 38.4 Å². The molecule has 0 saturated carbocycles. The summed E-state index contributed by atoms with van der Waals surface area (Å²) < 4.78 is 0. The number of hydrogen-bond donors (Lipinski definition) is 1. The second-order valence-corrected chi connectivity index (χ2v) is 5.59. The Labute approximate surface area is 129 Å². The summed E-state index contributed by atoms with van der Waals surface area (Å²) in [6, 6.07) is 5.42. The number of nitrogens with two attached hydrogens (primary N) is 1. The SMILES string of the molecule is CC(C)N(CCC(N)=S)C(=O)c1ccc2nccnc2c1. The maximum atomic E-state index is 12.6. The van der Waals surface area contributed by atoms with Gasteiger partial charge in [0.1, 0.15) is 0 Å². The first kappa shape index (κ1) is 15.3. The van der Waals surface area contributed by atoms with Gasteiger partial charge in [-0.25, -0.2) is 0 Å². The molecule has 0 unspecified atom stereocenters. The van der Waals surface area contributed by atoms with E-state index in [0.717, 1.165) is 5.52 Å². The standard InChI is InChI=1S/C15H18N4OS/c1-10(2)19(8-5-14(16)21)15(20)11-3-4-12-13(9-11)18-7-6-17-12/h3-4,6-7,9-10H,5,8H2,1-2H3,(H2,16,21). The Hall–Kier alpha value is -2.08. The Morgan fingerprint density at radius 3 is 2.57 bits per heavy atom. The number of carbonyl (C=O) groups excluding carboxylic acids is 1. The van der Waals surface area contributed by atoms with E-state index in [0.29, 0.717) is 29.0 Å². The van der Waals surface area contributed by atoms with Gasteiger partial charge in [-0.15, -0.1) is 0 Å². The highest BCUT2D eigenvalue weighted by Crippen LogP contribution is 2.14. The molecule has 1 amide bonds. The Balaban J connectivity index is 2.27. The average Bonchev–Trinajstić information content (AvgIpc) is 2.46. The average molecular weight is 302 g/mol. The summed E-state index contributed by atoms with van der Waals surface area (Å²) in [5.74, 6) is -0.0474. The van der Waals surface area contributed by atoms with Crippen molar-refractivity contribution >= 4 is 34.1 Å². The van der Waals surface area contributed by atoms with E-state index >= 15 is 0 Å². The van der Waals surface area contributed by atoms with E-state index in [4.69, 9.17) is 18.0 Å². The van der Waals surface area contributed by atoms with Gasteiger partial charge in [-0.2, -0.15) is 0 Å². The first-order valence-electron chi connectivity index (χ1n) is 6.79. The third-order valence-corrected chi connectivity index (χ3v) is 3.40. The quantitative estimate of drug-likeness (QED) is 0.857. The first-order valence-corrected chi connectivity index (χ1v) is 7.20. The second-order valence-electron chi connectivity index (χ2n) is 5.07. The van der Waals surface area contributed by atoms with Gasteiger partial charge >= 0.3 is 0 Å². The monoisotopic (exact) mass is 302 g/mol. The molecule has 1 aromatic heterocycles. The van der Waals surface area contributed by atoms with Crippen molar-refractivity contribution in [3.05, 3.63) is 36.2 Å². The van der Waals surface area contributed by atoms with Crippen molar-refractivity contribution in [3.8, 4) is 0 Å². The third kappa shape index (κ3) is 3.72. The fourth-order valence-corrected chi connectivity index (χ4v) is 2.18. The van der Waals surface area contributed by atoms with Crippen molar-refractivity contribution in [2.75, 3.05) is 6.54 Å². The van der Waals surface area contributed by atoms with Crippen LogP contribution in [-0.2, 0) is 0 Å². The Kier molecular flexibility index (Phi) is 4.80. The summed E-state index contributed by atoms with van der Waals surface area (Å²) in [6.45, 7) is 4.46. The lowest BCUT2D eigenvalue weighted by Gasteiger charge is -2.26. The summed E-state index contributed by atoms with van der Waals surface area (Å²) in [5, 5.41) is 0. The molecule has 110 valence electrons. The minimum absolute atomic E-state index is 0.0474. The maximum Gasteiger partial charge on any atom is 0.254 e. The zero-order valence-electron chi connectivity index (χ0n) is 12.1. The Morgan fingerprint density at radius 1 is 1.29 bits per heavy atom. The third-order valence-electron chi connectivity index (χ3n) is 3.20. The molecular formula is C15H18N4OS. The molecule has 2 N–H and O–H groups in total. The largest absolute Gasteiger partial charge is 0.393 e. The number of fused-ring (bicyclic) bond motifs is 1. The van der Waals surface area contributed by atoms with Gasteiger partial charge in [-0.05, 0) is 32.0 Å². The van der Waals surface area contributed by atoms with Crippen molar-refractivity contribution in [2.45, 2.75) is 26.3 Å². The lowest BCUT2D eigenvalue weighted by molar-refractivity contribution is 0.0712. The highest BCUT2D eigenvalue weighted by atomic mass is 32.1. The highest BCUT2D eigenvalue weighted by molar-refractivity contribution is 7.80. The molecule has 0 aliphatic heterocycles. The number of hydrogen-bond acceptors (Lipinski definition) is 4. The molecule has 5 nitrogen and oxygen atoms in total. The zero-order chi connectivity index (χ0) is 15.4. The molecule has 6 heteroatoms. The van der Waals surface area contributed by atoms with Crippen molar-refractivity contribution < 1.29 is 4.79 Å². The minimum Gasteiger partial charge on any atom is -0.393 e. The summed E-state index contributed by atoms with van der Waals surface area (Å²) >= 11 is 4.89. The molecule has 2 aromatic rings. The van der Waals surface area contributed by atoms with Crippen LogP contribution in [0.1, 0.15) is 30.6 Å². The Morgan fingerprint density at radius 2 is 1.95 bits per heavy atom. The second kappa shape index (κ2) is 6.58. The van der Waals surface area contributed by atoms with E-state index in [1.54, 1.807) is 29.4 Å². The van der Waals surface area contributed by atoms with Gasteiger partial charge < -0.3 is 10.6 Å². The van der Waals surface area contributed by atoms with E-state index in [2.05, 4.69) is 9.97 Å². The lowest BCUT2D eigenvalue weighted by Crippen LogP contribution is -2.39. The molecule has 21 heavy (non-hydrogen) atoms. The lowest BCUT2D eigenvalue weighted by atomic mass is 10.1. The first-order chi connectivity index (χ1) is 9.99. The van der Waals surface area contributed by atoms with E-state index < -0.39 is 0 Å². The fourth-order valence-electron chi connectivity index (χ4n) is 2.09. The predicted octanol–water partition coefficient (Wildman–Crippen LogP) is 2.16. The zero-order valence-corrected chi connectivity index (χ0v) is 12.9. The topological polar surface area (TPSA) is 72.1 Å². The van der Waals surface area contributed by atoms with Crippen LogP contribution in [0, 0.1) is 0 Å². The molecule has 0 bridgehead atoms. The van der Waals surface area contributed by atoms with E-state index in [-0.39, 0.29) is 11.9 Å². The van der Waals surface area contributed by atoms with Gasteiger partial charge in [-0.1, -0.05) is 12.2 Å². The number of benzene rings is 1. The molecule has 0 aliphatic rings. The molecule has 2 rings (SSSR count). The maximum absolute atomic E-state index is 12.6. The molecule has 0 radical (unpaired) electrons. The van der Waals surface area contributed by atoms with Crippen LogP contribution < -0.4 is 5.73 Å². The van der Waals surface area contributed by atoms with Crippen LogP contribution in [0.3, 0.4) is 0 Å². The minimum atomic E-state index is -0.0474. The number of amides is 1. The molecule has 0 aliphatic carbocycles. The van der Waals surface area contributed by atoms with Crippen LogP contribution >= 0.6 is 12.2 Å². The summed E-state index contributed by atoms with van der Waals surface area (Å²) in [7, 11) is 0. The molecule has 1 heterocycles. The summed E-state index contributed by atoms with van der Waals surface area (Å²) in [6.07, 6.45) is 3.77. The van der Waals surface area contributed by atoms with Crippen LogP contribution in [0.4, 0.5) is 0 Å². The molecule has 0 atom stereocenters. The van der Waals surface area contributed by atoms with Crippen LogP contribution in [0.2, 0.25) is 0 Å². The molecule has 0 fully saturated rings. The molecule has 1 aromatic carbocycles. The number of thiocarbonyl (C=S) groups is 1. The van der Waals surface area contributed by atoms with Crippen molar-refractivity contribution in [2.24, 2.45) is 5.73 Å². The van der Waals surface area contributed by atoms with Gasteiger partial charge in [0.25, 0.3) is 5.91 Å². The van der Waals surface area contributed by atoms with Crippen molar-refractivity contribution in [3.63, 3.8) is 0 Å². The van der Waals surface area contributed by atoms with Crippen LogP contribution in [0.5, 0.6) is 0 Å². The van der Waals surface area contributed by atoms with Gasteiger partial charge in [-0.3, -0.25) is 14.8 Å². The van der Waals surface area contributed by atoms with E-state index in [9.17, 15) is 4.79 Å². The van der Waals surface area contributed by atoms with Gasteiger partial charge in [0.2, 0.25) is 0 Å². The normalized spacial score (nSPS) is 10.8. The van der Waals surface area contributed by atoms with Gasteiger partial charge in [0.05, 0.1) is 16.0 Å². The van der Waals surface area contributed by atoms with Crippen molar-refractivity contribution in [1.29, 1.82) is 0 Å².